The van der Waals surface area contributed by atoms with E-state index in [2.05, 4.69) is 65.0 Å². The van der Waals surface area contributed by atoms with Gasteiger partial charge in [-0.3, -0.25) is 4.79 Å². The zero-order valence-electron chi connectivity index (χ0n) is 20.5. The zero-order valence-corrected chi connectivity index (χ0v) is 21.2. The number of benzene rings is 2. The van der Waals surface area contributed by atoms with Gasteiger partial charge >= 0.3 is 5.97 Å². The number of esters is 1. The molecule has 0 heterocycles. The fourth-order valence-corrected chi connectivity index (χ4v) is 3.60. The van der Waals surface area contributed by atoms with Crippen LogP contribution in [0.2, 0.25) is 0 Å². The van der Waals surface area contributed by atoms with Crippen LogP contribution in [0.5, 0.6) is 11.5 Å². The van der Waals surface area contributed by atoms with E-state index in [1.165, 1.54) is 18.1 Å². The summed E-state index contributed by atoms with van der Waals surface area (Å²) in [7, 11) is 0. The van der Waals surface area contributed by atoms with Crippen LogP contribution in [0.3, 0.4) is 0 Å². The molecule has 0 aliphatic carbocycles. The van der Waals surface area contributed by atoms with Gasteiger partial charge in [0, 0.05) is 12.3 Å². The van der Waals surface area contributed by atoms with E-state index in [4.69, 9.17) is 25.8 Å². The van der Waals surface area contributed by atoms with E-state index in [0.29, 0.717) is 5.92 Å². The number of alkyl halides is 1. The smallest absolute Gasteiger partial charge is 0.303 e. The lowest BCUT2D eigenvalue weighted by Gasteiger charge is -2.28. The second kappa shape index (κ2) is 11.6. The summed E-state index contributed by atoms with van der Waals surface area (Å²) >= 11 is 5.87. The molecule has 0 aromatic heterocycles. The van der Waals surface area contributed by atoms with Crippen molar-refractivity contribution in [2.24, 2.45) is 5.92 Å². The van der Waals surface area contributed by atoms with E-state index in [1.54, 1.807) is 0 Å². The van der Waals surface area contributed by atoms with Crippen molar-refractivity contribution in [1.29, 1.82) is 0 Å². The molecule has 0 amide bonds. The van der Waals surface area contributed by atoms with E-state index in [9.17, 15) is 4.79 Å². The number of carbonyl (C=O) groups excluding carboxylic acids is 1. The van der Waals surface area contributed by atoms with Gasteiger partial charge in [0.25, 0.3) is 0 Å². The van der Waals surface area contributed by atoms with E-state index in [1.807, 2.05) is 13.0 Å². The molecule has 0 spiro atoms. The SMILES string of the molecule is CC[C@@H](C)COc1ccc(C(C)(C)c2ccc(OC[C@@H](CCl)OC(C)=O)c(C)c2)cc1C. The topological polar surface area (TPSA) is 44.8 Å². The minimum absolute atomic E-state index is 0.181. The van der Waals surface area contributed by atoms with Gasteiger partial charge in [-0.25, -0.2) is 0 Å². The van der Waals surface area contributed by atoms with Gasteiger partial charge in [-0.05, 0) is 54.2 Å². The highest BCUT2D eigenvalue weighted by molar-refractivity contribution is 6.18. The highest BCUT2D eigenvalue weighted by Gasteiger charge is 2.25. The monoisotopic (exact) mass is 460 g/mol. The van der Waals surface area contributed by atoms with Gasteiger partial charge in [-0.2, -0.15) is 0 Å². The molecule has 2 aromatic rings. The Kier molecular flexibility index (Phi) is 9.45. The third kappa shape index (κ3) is 6.90. The number of halogens is 1. The Balaban J connectivity index is 2.15. The van der Waals surface area contributed by atoms with Gasteiger partial charge in [-0.1, -0.05) is 58.4 Å². The van der Waals surface area contributed by atoms with E-state index in [0.717, 1.165) is 35.7 Å². The van der Waals surface area contributed by atoms with Crippen molar-refractivity contribution in [3.63, 3.8) is 0 Å². The Morgan fingerprint density at radius 1 is 0.969 bits per heavy atom. The molecular formula is C27H37ClO4. The summed E-state index contributed by atoms with van der Waals surface area (Å²) in [6.07, 6.45) is 0.646. The summed E-state index contributed by atoms with van der Waals surface area (Å²) in [5, 5.41) is 0. The molecular weight excluding hydrogens is 424 g/mol. The third-order valence-corrected chi connectivity index (χ3v) is 6.29. The summed E-state index contributed by atoms with van der Waals surface area (Å²) in [5.74, 6) is 2.09. The number of hydrogen-bond acceptors (Lipinski definition) is 4. The summed E-state index contributed by atoms with van der Waals surface area (Å²) in [6.45, 7) is 15.3. The average molecular weight is 461 g/mol. The second-order valence-electron chi connectivity index (χ2n) is 9.11. The summed E-state index contributed by atoms with van der Waals surface area (Å²) in [4.78, 5) is 11.2. The lowest BCUT2D eigenvalue weighted by molar-refractivity contribution is -0.146. The van der Waals surface area contributed by atoms with Gasteiger partial charge in [-0.15, -0.1) is 11.6 Å². The van der Waals surface area contributed by atoms with Crippen LogP contribution < -0.4 is 9.47 Å². The number of carbonyl (C=O) groups is 1. The molecule has 0 aliphatic heterocycles. The van der Waals surface area contributed by atoms with E-state index in [-0.39, 0.29) is 23.9 Å². The van der Waals surface area contributed by atoms with Crippen LogP contribution in [0.25, 0.3) is 0 Å². The molecule has 4 nitrogen and oxygen atoms in total. The van der Waals surface area contributed by atoms with Gasteiger partial charge in [0.1, 0.15) is 24.2 Å². The van der Waals surface area contributed by atoms with Gasteiger partial charge in [0.15, 0.2) is 0 Å². The predicted octanol–water partition coefficient (Wildman–Crippen LogP) is 6.60. The van der Waals surface area contributed by atoms with Gasteiger partial charge < -0.3 is 14.2 Å². The first-order valence-corrected chi connectivity index (χ1v) is 11.8. The Morgan fingerprint density at radius 3 is 1.88 bits per heavy atom. The number of ether oxygens (including phenoxy) is 3. The molecule has 0 fully saturated rings. The normalized spacial score (nSPS) is 13.4. The van der Waals surface area contributed by atoms with Crippen molar-refractivity contribution in [3.05, 3.63) is 58.7 Å². The van der Waals surface area contributed by atoms with Crippen LogP contribution in [0.4, 0.5) is 0 Å². The minimum Gasteiger partial charge on any atom is -0.493 e. The lowest BCUT2D eigenvalue weighted by atomic mass is 9.77. The van der Waals surface area contributed by atoms with Crippen LogP contribution >= 0.6 is 11.6 Å². The van der Waals surface area contributed by atoms with Crippen molar-refractivity contribution in [2.45, 2.75) is 66.4 Å². The predicted molar refractivity (Wildman–Crippen MR) is 131 cm³/mol. The molecule has 5 heteroatoms. The van der Waals surface area contributed by atoms with Crippen molar-refractivity contribution >= 4 is 17.6 Å². The Bertz CT molecular complexity index is 907. The molecule has 0 unspecified atom stereocenters. The van der Waals surface area contributed by atoms with Crippen LogP contribution in [0.15, 0.2) is 36.4 Å². The molecule has 2 atom stereocenters. The fourth-order valence-electron chi connectivity index (χ4n) is 3.44. The molecule has 2 rings (SSSR count). The molecule has 0 bridgehead atoms. The Morgan fingerprint density at radius 2 is 1.47 bits per heavy atom. The minimum atomic E-state index is -0.464. The summed E-state index contributed by atoms with van der Waals surface area (Å²) < 4.78 is 17.0. The molecule has 0 aliphatic rings. The molecule has 176 valence electrons. The van der Waals surface area contributed by atoms with Gasteiger partial charge in [0.2, 0.25) is 0 Å². The van der Waals surface area contributed by atoms with Crippen LogP contribution in [-0.2, 0) is 14.9 Å². The molecule has 0 saturated carbocycles. The summed E-state index contributed by atoms with van der Waals surface area (Å²) in [5.41, 5.74) is 4.42. The fraction of sp³-hybridized carbons (Fsp3) is 0.519. The standard InChI is InChI=1S/C27H37ClO4/c1-8-18(2)16-30-25-11-9-22(13-19(25)3)27(6,7)23-10-12-26(20(4)14-23)31-17-24(15-28)32-21(5)29/h9-14,18,24H,8,15-17H2,1-7H3/t18-,24-/m1/s1. The average Bonchev–Trinajstić information content (AvgIpc) is 2.75. The first kappa shape index (κ1) is 26.1. The molecule has 0 N–H and O–H groups in total. The quantitative estimate of drug-likeness (QED) is 0.280. The maximum atomic E-state index is 11.2. The summed E-state index contributed by atoms with van der Waals surface area (Å²) in [6, 6.07) is 12.7. The number of hydrogen-bond donors (Lipinski definition) is 0. The Hall–Kier alpha value is -2.20. The van der Waals surface area contributed by atoms with E-state index < -0.39 is 6.10 Å². The van der Waals surface area contributed by atoms with Crippen molar-refractivity contribution in [1.82, 2.24) is 0 Å². The van der Waals surface area contributed by atoms with Crippen LogP contribution in [-0.4, -0.2) is 31.2 Å². The largest absolute Gasteiger partial charge is 0.493 e. The number of aryl methyl sites for hydroxylation is 2. The van der Waals surface area contributed by atoms with Gasteiger partial charge in [0.05, 0.1) is 12.5 Å². The molecule has 2 aromatic carbocycles. The van der Waals surface area contributed by atoms with Crippen molar-refractivity contribution in [3.8, 4) is 11.5 Å². The van der Waals surface area contributed by atoms with Crippen molar-refractivity contribution in [2.75, 3.05) is 19.1 Å². The highest BCUT2D eigenvalue weighted by atomic mass is 35.5. The van der Waals surface area contributed by atoms with E-state index >= 15 is 0 Å². The maximum Gasteiger partial charge on any atom is 0.303 e. The first-order chi connectivity index (χ1) is 15.1. The molecule has 0 saturated heterocycles. The maximum absolute atomic E-state index is 11.2. The first-order valence-electron chi connectivity index (χ1n) is 11.3. The van der Waals surface area contributed by atoms with Crippen molar-refractivity contribution < 1.29 is 19.0 Å². The highest BCUT2D eigenvalue weighted by Crippen LogP contribution is 2.36. The zero-order chi connectivity index (χ0) is 23.9. The third-order valence-electron chi connectivity index (χ3n) is 5.94. The lowest BCUT2D eigenvalue weighted by Crippen LogP contribution is -2.26. The number of rotatable bonds is 11. The van der Waals surface area contributed by atoms with Crippen LogP contribution in [0.1, 0.15) is 63.3 Å². The molecule has 0 radical (unpaired) electrons. The molecule has 32 heavy (non-hydrogen) atoms. The Labute approximate surface area is 198 Å². The second-order valence-corrected chi connectivity index (χ2v) is 9.42. The van der Waals surface area contributed by atoms with Crippen LogP contribution in [0, 0.1) is 19.8 Å².